The highest BCUT2D eigenvalue weighted by atomic mass is 32.1. The molecule has 1 aliphatic carbocycles. The fourth-order valence-electron chi connectivity index (χ4n) is 3.11. The van der Waals surface area contributed by atoms with Crippen LogP contribution in [0, 0.1) is 20.8 Å². The van der Waals surface area contributed by atoms with E-state index in [1.165, 1.54) is 11.3 Å². The lowest BCUT2D eigenvalue weighted by Crippen LogP contribution is -2.25. The molecule has 0 radical (unpaired) electrons. The Morgan fingerprint density at radius 2 is 1.89 bits per heavy atom. The van der Waals surface area contributed by atoms with Crippen molar-refractivity contribution in [2.75, 3.05) is 5.32 Å². The summed E-state index contributed by atoms with van der Waals surface area (Å²) in [6.45, 7) is 5.69. The molecule has 0 spiro atoms. The number of fused-ring (bicyclic) bond motifs is 1. The van der Waals surface area contributed by atoms with Crippen LogP contribution < -0.4 is 10.6 Å². The fourth-order valence-corrected chi connectivity index (χ4v) is 4.29. The molecule has 27 heavy (non-hydrogen) atoms. The number of nitrogens with one attached hydrogen (secondary N) is 2. The molecule has 2 aromatic heterocycles. The molecule has 1 saturated carbocycles. The van der Waals surface area contributed by atoms with E-state index >= 15 is 0 Å². The second-order valence-corrected chi connectivity index (χ2v) is 7.87. The Kier molecular flexibility index (Phi) is 4.39. The number of aromatic nitrogens is 2. The van der Waals surface area contributed by atoms with Gasteiger partial charge in [-0.3, -0.25) is 9.59 Å². The Morgan fingerprint density at radius 1 is 1.11 bits per heavy atom. The standard InChI is InChI=1S/C20H20N4O2S/c1-10-16-11(2)21-12(3)22-20(16)27-17(10)19(26)24-15-6-4-5-13(9-15)18(25)23-14-7-8-14/h4-6,9,14H,7-8H2,1-3H3,(H,23,25)(H,24,26). The van der Waals surface area contributed by atoms with Crippen molar-refractivity contribution >= 4 is 39.1 Å². The number of amides is 2. The zero-order valence-electron chi connectivity index (χ0n) is 15.4. The lowest BCUT2D eigenvalue weighted by molar-refractivity contribution is 0.0949. The summed E-state index contributed by atoms with van der Waals surface area (Å²) in [5.41, 5.74) is 2.90. The quantitative estimate of drug-likeness (QED) is 0.722. The number of benzene rings is 1. The molecule has 0 unspecified atom stereocenters. The molecule has 0 atom stereocenters. The summed E-state index contributed by atoms with van der Waals surface area (Å²) in [5, 5.41) is 6.80. The van der Waals surface area contributed by atoms with Crippen LogP contribution in [-0.2, 0) is 0 Å². The van der Waals surface area contributed by atoms with Crippen LogP contribution in [0.15, 0.2) is 24.3 Å². The number of anilines is 1. The van der Waals surface area contributed by atoms with Gasteiger partial charge in [0.25, 0.3) is 11.8 Å². The summed E-state index contributed by atoms with van der Waals surface area (Å²) in [4.78, 5) is 35.3. The zero-order chi connectivity index (χ0) is 19.1. The molecule has 7 heteroatoms. The summed E-state index contributed by atoms with van der Waals surface area (Å²) >= 11 is 1.36. The van der Waals surface area contributed by atoms with Crippen molar-refractivity contribution in [2.45, 2.75) is 39.7 Å². The van der Waals surface area contributed by atoms with E-state index in [1.807, 2.05) is 20.8 Å². The van der Waals surface area contributed by atoms with Crippen LogP contribution in [-0.4, -0.2) is 27.8 Å². The molecular formula is C20H20N4O2S. The molecule has 0 saturated heterocycles. The van der Waals surface area contributed by atoms with Gasteiger partial charge in [-0.2, -0.15) is 0 Å². The number of carbonyl (C=O) groups excluding carboxylic acids is 2. The Hall–Kier alpha value is -2.80. The molecule has 1 aromatic carbocycles. The first-order valence-corrected chi connectivity index (χ1v) is 9.70. The van der Waals surface area contributed by atoms with Crippen molar-refractivity contribution in [1.29, 1.82) is 0 Å². The first-order chi connectivity index (χ1) is 12.9. The van der Waals surface area contributed by atoms with Gasteiger partial charge in [0, 0.05) is 28.4 Å². The van der Waals surface area contributed by atoms with E-state index in [0.29, 0.717) is 28.0 Å². The van der Waals surface area contributed by atoms with Gasteiger partial charge in [0.15, 0.2) is 0 Å². The Balaban J connectivity index is 1.59. The Morgan fingerprint density at radius 3 is 2.63 bits per heavy atom. The summed E-state index contributed by atoms with van der Waals surface area (Å²) < 4.78 is 0. The van der Waals surface area contributed by atoms with Crippen molar-refractivity contribution in [3.05, 3.63) is 51.8 Å². The molecule has 138 valence electrons. The van der Waals surface area contributed by atoms with Gasteiger partial charge in [-0.05, 0) is 57.4 Å². The van der Waals surface area contributed by atoms with Crippen LogP contribution in [0.1, 0.15) is 50.0 Å². The van der Waals surface area contributed by atoms with Crippen LogP contribution >= 0.6 is 11.3 Å². The van der Waals surface area contributed by atoms with Crippen molar-refractivity contribution in [3.63, 3.8) is 0 Å². The van der Waals surface area contributed by atoms with Crippen LogP contribution in [0.3, 0.4) is 0 Å². The highest BCUT2D eigenvalue weighted by molar-refractivity contribution is 7.20. The van der Waals surface area contributed by atoms with E-state index in [2.05, 4.69) is 20.6 Å². The number of thiophene rings is 1. The second kappa shape index (κ2) is 6.74. The van der Waals surface area contributed by atoms with Crippen molar-refractivity contribution < 1.29 is 9.59 Å². The minimum absolute atomic E-state index is 0.104. The maximum atomic E-state index is 12.8. The lowest BCUT2D eigenvalue weighted by atomic mass is 10.1. The normalized spacial score (nSPS) is 13.6. The van der Waals surface area contributed by atoms with Crippen molar-refractivity contribution in [1.82, 2.24) is 15.3 Å². The Labute approximate surface area is 161 Å². The third-order valence-corrected chi connectivity index (χ3v) is 5.77. The average molecular weight is 380 g/mol. The third kappa shape index (κ3) is 3.55. The van der Waals surface area contributed by atoms with Gasteiger partial charge >= 0.3 is 0 Å². The van der Waals surface area contributed by atoms with E-state index in [0.717, 1.165) is 34.3 Å². The van der Waals surface area contributed by atoms with Crippen LogP contribution in [0.5, 0.6) is 0 Å². The summed E-state index contributed by atoms with van der Waals surface area (Å²) in [5.74, 6) is 0.392. The van der Waals surface area contributed by atoms with E-state index in [1.54, 1.807) is 24.3 Å². The van der Waals surface area contributed by atoms with E-state index < -0.39 is 0 Å². The third-order valence-electron chi connectivity index (χ3n) is 4.58. The molecule has 0 aliphatic heterocycles. The van der Waals surface area contributed by atoms with Crippen LogP contribution in [0.4, 0.5) is 5.69 Å². The van der Waals surface area contributed by atoms with Gasteiger partial charge in [0.1, 0.15) is 10.7 Å². The van der Waals surface area contributed by atoms with Crippen LogP contribution in [0.2, 0.25) is 0 Å². The maximum absolute atomic E-state index is 12.8. The number of carbonyl (C=O) groups is 2. The highest BCUT2D eigenvalue weighted by Gasteiger charge is 2.24. The molecule has 2 amide bonds. The SMILES string of the molecule is Cc1nc(C)c2c(C)c(C(=O)Nc3cccc(C(=O)NC4CC4)c3)sc2n1. The fraction of sp³-hybridized carbons (Fsp3) is 0.300. The lowest BCUT2D eigenvalue weighted by Gasteiger charge is -2.08. The molecule has 2 N–H and O–H groups in total. The predicted octanol–water partition coefficient (Wildman–Crippen LogP) is 3.76. The molecule has 4 rings (SSSR count). The van der Waals surface area contributed by atoms with Gasteiger partial charge < -0.3 is 10.6 Å². The average Bonchev–Trinajstić information content (AvgIpc) is 3.36. The van der Waals surface area contributed by atoms with Gasteiger partial charge in [-0.15, -0.1) is 11.3 Å². The molecule has 0 bridgehead atoms. The first kappa shape index (κ1) is 17.6. The molecule has 1 fully saturated rings. The molecule has 1 aliphatic rings. The largest absolute Gasteiger partial charge is 0.349 e. The number of hydrogen-bond acceptors (Lipinski definition) is 5. The zero-order valence-corrected chi connectivity index (χ0v) is 16.2. The monoisotopic (exact) mass is 380 g/mol. The molecule has 2 heterocycles. The molecule has 3 aromatic rings. The summed E-state index contributed by atoms with van der Waals surface area (Å²) in [6, 6.07) is 7.30. The van der Waals surface area contributed by atoms with E-state index in [-0.39, 0.29) is 11.8 Å². The van der Waals surface area contributed by atoms with Gasteiger partial charge in [0.2, 0.25) is 0 Å². The van der Waals surface area contributed by atoms with Gasteiger partial charge in [-0.25, -0.2) is 9.97 Å². The number of hydrogen-bond donors (Lipinski definition) is 2. The minimum atomic E-state index is -0.202. The first-order valence-electron chi connectivity index (χ1n) is 8.89. The van der Waals surface area contributed by atoms with E-state index in [4.69, 9.17) is 0 Å². The van der Waals surface area contributed by atoms with Gasteiger partial charge in [-0.1, -0.05) is 6.07 Å². The van der Waals surface area contributed by atoms with E-state index in [9.17, 15) is 9.59 Å². The minimum Gasteiger partial charge on any atom is -0.349 e. The van der Waals surface area contributed by atoms with Crippen LogP contribution in [0.25, 0.3) is 10.2 Å². The second-order valence-electron chi connectivity index (χ2n) is 6.88. The highest BCUT2D eigenvalue weighted by Crippen LogP contribution is 2.31. The van der Waals surface area contributed by atoms with Crippen molar-refractivity contribution in [2.24, 2.45) is 0 Å². The predicted molar refractivity (Wildman–Crippen MR) is 107 cm³/mol. The molecular weight excluding hydrogens is 360 g/mol. The Bertz CT molecular complexity index is 1070. The molecule has 6 nitrogen and oxygen atoms in total. The number of nitrogens with zero attached hydrogens (tertiary/aromatic N) is 2. The number of rotatable bonds is 4. The van der Waals surface area contributed by atoms with Crippen molar-refractivity contribution in [3.8, 4) is 0 Å². The summed E-state index contributed by atoms with van der Waals surface area (Å²) in [6.07, 6.45) is 2.07. The topological polar surface area (TPSA) is 84.0 Å². The summed E-state index contributed by atoms with van der Waals surface area (Å²) in [7, 11) is 0. The van der Waals surface area contributed by atoms with Gasteiger partial charge in [0.05, 0.1) is 4.88 Å². The smallest absolute Gasteiger partial charge is 0.266 e. The number of aryl methyl sites for hydroxylation is 3. The maximum Gasteiger partial charge on any atom is 0.266 e.